The molecule has 0 saturated carbocycles. The Morgan fingerprint density at radius 1 is 1.44 bits per heavy atom. The number of aromatic nitrogens is 2. The van der Waals surface area contributed by atoms with Crippen LogP contribution >= 0.6 is 12.4 Å². The molecule has 0 aliphatic carbocycles. The fourth-order valence-electron chi connectivity index (χ4n) is 1.12. The van der Waals surface area contributed by atoms with Crippen molar-refractivity contribution in [2.45, 2.75) is 17.9 Å². The van der Waals surface area contributed by atoms with Crippen LogP contribution in [0, 0.1) is 0 Å². The van der Waals surface area contributed by atoms with E-state index >= 15 is 0 Å². The minimum absolute atomic E-state index is 0. The predicted molar refractivity (Wildman–Crippen MR) is 64.6 cm³/mol. The normalized spacial score (nSPS) is 11.6. The summed E-state index contributed by atoms with van der Waals surface area (Å²) in [6.07, 6.45) is -0.444. The van der Waals surface area contributed by atoms with Gasteiger partial charge in [0, 0.05) is 19.3 Å². The maximum atomic E-state index is 12.0. The number of nitrogens with zero attached hydrogens (tertiary/aromatic N) is 2. The third kappa shape index (κ3) is 5.25. The van der Waals surface area contributed by atoms with Crippen molar-refractivity contribution < 1.29 is 17.2 Å². The molecule has 10 heteroatoms. The first kappa shape index (κ1) is 17.2. The largest absolute Gasteiger partial charge is 0.318 e. The van der Waals surface area contributed by atoms with E-state index in [1.807, 2.05) is 0 Å². The van der Waals surface area contributed by atoms with Crippen LogP contribution in [0.25, 0.3) is 0 Å². The second-order valence-electron chi connectivity index (χ2n) is 3.29. The van der Waals surface area contributed by atoms with Crippen molar-refractivity contribution in [1.29, 1.82) is 0 Å². The first-order valence-corrected chi connectivity index (χ1v) is 6.39. The highest BCUT2D eigenvalue weighted by molar-refractivity contribution is 7.89. The molecule has 0 aliphatic rings. The van der Waals surface area contributed by atoms with Gasteiger partial charge in [0.15, 0.2) is 0 Å². The number of likely N-dealkylation sites (N-methyl/N-ethyl adjacent to an activating group) is 1. The molecule has 0 bridgehead atoms. The lowest BCUT2D eigenvalue weighted by molar-refractivity contribution is 0.121. The molecule has 0 aromatic carbocycles. The van der Waals surface area contributed by atoms with Crippen molar-refractivity contribution in [3.63, 3.8) is 0 Å². The minimum Gasteiger partial charge on any atom is -0.318 e. The molecule has 0 aliphatic heterocycles. The van der Waals surface area contributed by atoms with Gasteiger partial charge in [-0.2, -0.15) is 5.10 Å². The molecule has 0 radical (unpaired) electrons. The van der Waals surface area contributed by atoms with Gasteiger partial charge in [0.1, 0.15) is 11.4 Å². The zero-order valence-corrected chi connectivity index (χ0v) is 11.3. The number of alkyl halides is 2. The van der Waals surface area contributed by atoms with Crippen molar-refractivity contribution in [3.05, 3.63) is 12.4 Å². The zero-order chi connectivity index (χ0) is 12.9. The summed E-state index contributed by atoms with van der Waals surface area (Å²) in [5, 5.41) is 6.33. The molecule has 1 rings (SSSR count). The average Bonchev–Trinajstić information content (AvgIpc) is 2.66. The lowest BCUT2D eigenvalue weighted by Crippen LogP contribution is -2.30. The van der Waals surface area contributed by atoms with Gasteiger partial charge in [-0.1, -0.05) is 0 Å². The van der Waals surface area contributed by atoms with Crippen LogP contribution in [0.15, 0.2) is 17.3 Å². The highest BCUT2D eigenvalue weighted by atomic mass is 35.5. The molecule has 0 spiro atoms. The maximum Gasteiger partial charge on any atom is 0.257 e. The Hall–Kier alpha value is -0.770. The van der Waals surface area contributed by atoms with Crippen LogP contribution in [0.1, 0.15) is 0 Å². The summed E-state index contributed by atoms with van der Waals surface area (Å²) in [7, 11) is -1.98. The molecule has 1 aromatic rings. The molecule has 106 valence electrons. The molecular weight excluding hydrogens is 290 g/mol. The quantitative estimate of drug-likeness (QED) is 0.699. The molecular formula is C8H15ClF2N4O2S. The van der Waals surface area contributed by atoms with Gasteiger partial charge in [0.05, 0.1) is 6.20 Å². The molecule has 0 atom stereocenters. The van der Waals surface area contributed by atoms with E-state index in [1.54, 1.807) is 7.05 Å². The molecule has 0 amide bonds. The lowest BCUT2D eigenvalue weighted by Gasteiger charge is -2.03. The van der Waals surface area contributed by atoms with Gasteiger partial charge >= 0.3 is 0 Å². The summed E-state index contributed by atoms with van der Waals surface area (Å²) in [6.45, 7) is 0.0787. The van der Waals surface area contributed by atoms with E-state index in [9.17, 15) is 17.2 Å². The number of halogens is 3. The van der Waals surface area contributed by atoms with Crippen molar-refractivity contribution in [2.24, 2.45) is 0 Å². The fourth-order valence-corrected chi connectivity index (χ4v) is 2.10. The van der Waals surface area contributed by atoms with Gasteiger partial charge in [-0.25, -0.2) is 21.9 Å². The van der Waals surface area contributed by atoms with E-state index in [0.29, 0.717) is 6.54 Å². The summed E-state index contributed by atoms with van der Waals surface area (Å²) >= 11 is 0. The number of sulfonamides is 1. The Balaban J connectivity index is 0.00000289. The molecule has 18 heavy (non-hydrogen) atoms. The van der Waals surface area contributed by atoms with Gasteiger partial charge in [-0.15, -0.1) is 12.4 Å². The van der Waals surface area contributed by atoms with E-state index < -0.39 is 23.0 Å². The average molecular weight is 305 g/mol. The first-order chi connectivity index (χ1) is 7.95. The van der Waals surface area contributed by atoms with Crippen LogP contribution in [0.5, 0.6) is 0 Å². The van der Waals surface area contributed by atoms with Crippen LogP contribution in [-0.2, 0) is 16.6 Å². The van der Waals surface area contributed by atoms with Crippen molar-refractivity contribution in [1.82, 2.24) is 19.8 Å². The Bertz CT molecular complexity index is 452. The third-order valence-corrected chi connectivity index (χ3v) is 3.33. The highest BCUT2D eigenvalue weighted by Gasteiger charge is 2.16. The van der Waals surface area contributed by atoms with Crippen LogP contribution in [0.2, 0.25) is 0 Å². The Morgan fingerprint density at radius 3 is 2.67 bits per heavy atom. The van der Waals surface area contributed by atoms with E-state index in [0.717, 1.165) is 17.1 Å². The van der Waals surface area contributed by atoms with Gasteiger partial charge in [0.25, 0.3) is 6.43 Å². The monoisotopic (exact) mass is 304 g/mol. The Labute approximate surface area is 110 Å². The molecule has 0 fully saturated rings. The summed E-state index contributed by atoms with van der Waals surface area (Å²) in [5.41, 5.74) is 0. The van der Waals surface area contributed by atoms with E-state index in [2.05, 4.69) is 15.1 Å². The molecule has 0 unspecified atom stereocenters. The molecule has 2 N–H and O–H groups in total. The van der Waals surface area contributed by atoms with Gasteiger partial charge in [-0.3, -0.25) is 4.68 Å². The van der Waals surface area contributed by atoms with Crippen molar-refractivity contribution in [3.8, 4) is 0 Å². The minimum atomic E-state index is -3.67. The first-order valence-electron chi connectivity index (χ1n) is 4.90. The van der Waals surface area contributed by atoms with E-state index in [1.165, 1.54) is 0 Å². The van der Waals surface area contributed by atoms with Crippen LogP contribution in [0.4, 0.5) is 8.78 Å². The summed E-state index contributed by atoms with van der Waals surface area (Å²) in [6, 6.07) is 0. The smallest absolute Gasteiger partial charge is 0.257 e. The standard InChI is InChI=1S/C8H14F2N4O2S.ClH/c1-11-2-3-13-17(15,16)7-4-12-14(5-7)6-8(9)10;/h4-5,8,11,13H,2-3,6H2,1H3;1H. The predicted octanol–water partition coefficient (Wildman–Crippen LogP) is 0.0677. The van der Waals surface area contributed by atoms with Gasteiger partial charge in [-0.05, 0) is 7.05 Å². The van der Waals surface area contributed by atoms with Crippen LogP contribution in [-0.4, -0.2) is 44.8 Å². The number of rotatable bonds is 7. The zero-order valence-electron chi connectivity index (χ0n) is 9.64. The Morgan fingerprint density at radius 2 is 2.11 bits per heavy atom. The summed E-state index contributed by atoms with van der Waals surface area (Å²) < 4.78 is 50.5. The van der Waals surface area contributed by atoms with Crippen LogP contribution in [0.3, 0.4) is 0 Å². The summed E-state index contributed by atoms with van der Waals surface area (Å²) in [5.74, 6) is 0. The fraction of sp³-hybridized carbons (Fsp3) is 0.625. The third-order valence-electron chi connectivity index (χ3n) is 1.91. The lowest BCUT2D eigenvalue weighted by atomic mass is 10.7. The molecule has 6 nitrogen and oxygen atoms in total. The van der Waals surface area contributed by atoms with Gasteiger partial charge in [0.2, 0.25) is 10.0 Å². The number of nitrogens with one attached hydrogen (secondary N) is 2. The van der Waals surface area contributed by atoms with Crippen molar-refractivity contribution in [2.75, 3.05) is 20.1 Å². The molecule has 0 saturated heterocycles. The Kier molecular flexibility index (Phi) is 7.29. The molecule has 1 heterocycles. The van der Waals surface area contributed by atoms with Crippen LogP contribution < -0.4 is 10.0 Å². The summed E-state index contributed by atoms with van der Waals surface area (Å²) in [4.78, 5) is -0.116. The maximum absolute atomic E-state index is 12.0. The van der Waals surface area contributed by atoms with E-state index in [4.69, 9.17) is 0 Å². The molecule has 1 aromatic heterocycles. The van der Waals surface area contributed by atoms with Crippen molar-refractivity contribution >= 4 is 22.4 Å². The number of hydrogen-bond donors (Lipinski definition) is 2. The topological polar surface area (TPSA) is 76.0 Å². The highest BCUT2D eigenvalue weighted by Crippen LogP contribution is 2.07. The van der Waals surface area contributed by atoms with Gasteiger partial charge < -0.3 is 5.32 Å². The number of hydrogen-bond acceptors (Lipinski definition) is 4. The second-order valence-corrected chi connectivity index (χ2v) is 5.06. The van der Waals surface area contributed by atoms with E-state index in [-0.39, 0.29) is 23.8 Å². The second kappa shape index (κ2) is 7.62. The SMILES string of the molecule is CNCCNS(=O)(=O)c1cnn(CC(F)F)c1.Cl.